The topological polar surface area (TPSA) is 68.3 Å². The molecule has 0 aromatic heterocycles. The van der Waals surface area contributed by atoms with Crippen LogP contribution in [0.15, 0.2) is 24.3 Å². The van der Waals surface area contributed by atoms with Crippen LogP contribution in [-0.4, -0.2) is 12.7 Å². The molecule has 0 aliphatic carbocycles. The molecular weight excluding hydrogens is 180 g/mol. The van der Waals surface area contributed by atoms with E-state index in [4.69, 9.17) is 15.9 Å². The fraction of sp³-hybridized carbons (Fsp3) is 0.300. The number of nitriles is 1. The third kappa shape index (κ3) is 3.05. The zero-order chi connectivity index (χ0) is 10.4. The highest BCUT2D eigenvalue weighted by molar-refractivity contribution is 5.34. The lowest BCUT2D eigenvalue weighted by Gasteiger charge is -2.10. The number of nitrogens with two attached hydrogens (primary N) is 1. The van der Waals surface area contributed by atoms with Crippen molar-refractivity contribution in [1.29, 1.82) is 5.26 Å². The molecule has 0 bridgehead atoms. The lowest BCUT2D eigenvalue weighted by molar-refractivity contribution is 0.0319. The van der Waals surface area contributed by atoms with Crippen molar-refractivity contribution in [3.8, 4) is 11.8 Å². The maximum atomic E-state index is 8.56. The molecule has 0 heterocycles. The Labute approximate surface area is 82.8 Å². The Hall–Kier alpha value is -1.57. The third-order valence-corrected chi connectivity index (χ3v) is 1.70. The fourth-order valence-corrected chi connectivity index (χ4v) is 0.879. The van der Waals surface area contributed by atoms with Gasteiger partial charge in [-0.2, -0.15) is 5.26 Å². The van der Waals surface area contributed by atoms with Gasteiger partial charge in [0.1, 0.15) is 18.5 Å². The molecule has 0 amide bonds. The second kappa shape index (κ2) is 5.22. The van der Waals surface area contributed by atoms with Crippen molar-refractivity contribution in [1.82, 2.24) is 0 Å². The summed E-state index contributed by atoms with van der Waals surface area (Å²) in [5, 5.41) is 8.56. The Morgan fingerprint density at radius 3 is 2.57 bits per heavy atom. The van der Waals surface area contributed by atoms with Crippen molar-refractivity contribution < 1.29 is 9.57 Å². The van der Waals surface area contributed by atoms with Crippen molar-refractivity contribution in [3.63, 3.8) is 0 Å². The SMILES string of the molecule is C[C@H](COc1ccc(C#N)cc1)ON. The van der Waals surface area contributed by atoms with E-state index < -0.39 is 0 Å². The van der Waals surface area contributed by atoms with Crippen LogP contribution in [0, 0.1) is 11.3 Å². The Morgan fingerprint density at radius 1 is 1.43 bits per heavy atom. The van der Waals surface area contributed by atoms with E-state index in [1.54, 1.807) is 24.3 Å². The second-order valence-electron chi connectivity index (χ2n) is 2.89. The monoisotopic (exact) mass is 192 g/mol. The van der Waals surface area contributed by atoms with Crippen LogP contribution in [0.1, 0.15) is 12.5 Å². The maximum Gasteiger partial charge on any atom is 0.119 e. The summed E-state index contributed by atoms with van der Waals surface area (Å²) >= 11 is 0. The van der Waals surface area contributed by atoms with Gasteiger partial charge in [-0.05, 0) is 31.2 Å². The summed E-state index contributed by atoms with van der Waals surface area (Å²) in [6.07, 6.45) is -0.148. The maximum absolute atomic E-state index is 8.56. The largest absolute Gasteiger partial charge is 0.491 e. The predicted molar refractivity (Wildman–Crippen MR) is 51.4 cm³/mol. The van der Waals surface area contributed by atoms with E-state index in [-0.39, 0.29) is 6.10 Å². The molecule has 14 heavy (non-hydrogen) atoms. The Kier molecular flexibility index (Phi) is 3.92. The van der Waals surface area contributed by atoms with Gasteiger partial charge < -0.3 is 4.74 Å². The molecule has 1 atom stereocenters. The highest BCUT2D eigenvalue weighted by Gasteiger charge is 2.01. The van der Waals surface area contributed by atoms with Crippen LogP contribution < -0.4 is 10.6 Å². The van der Waals surface area contributed by atoms with E-state index in [0.717, 1.165) is 0 Å². The molecule has 2 N–H and O–H groups in total. The van der Waals surface area contributed by atoms with Gasteiger partial charge in [0.15, 0.2) is 0 Å². The summed E-state index contributed by atoms with van der Waals surface area (Å²) in [5.74, 6) is 5.66. The number of ether oxygens (including phenoxy) is 1. The molecule has 0 saturated heterocycles. The number of hydrogen-bond donors (Lipinski definition) is 1. The first-order valence-electron chi connectivity index (χ1n) is 4.24. The van der Waals surface area contributed by atoms with Gasteiger partial charge in [0.2, 0.25) is 0 Å². The first-order valence-corrected chi connectivity index (χ1v) is 4.24. The molecule has 4 nitrogen and oxygen atoms in total. The number of rotatable bonds is 4. The molecule has 0 spiro atoms. The molecule has 0 fully saturated rings. The molecule has 1 aromatic rings. The molecule has 1 rings (SSSR count). The van der Waals surface area contributed by atoms with Crippen molar-refractivity contribution >= 4 is 0 Å². The van der Waals surface area contributed by atoms with Gasteiger partial charge in [-0.1, -0.05) is 0 Å². The smallest absolute Gasteiger partial charge is 0.119 e. The van der Waals surface area contributed by atoms with Crippen LogP contribution in [0.25, 0.3) is 0 Å². The predicted octanol–water partition coefficient (Wildman–Crippen LogP) is 1.22. The molecule has 0 unspecified atom stereocenters. The van der Waals surface area contributed by atoms with Gasteiger partial charge in [-0.15, -0.1) is 0 Å². The molecule has 0 aliphatic rings. The van der Waals surface area contributed by atoms with E-state index in [2.05, 4.69) is 4.84 Å². The number of hydrogen-bond acceptors (Lipinski definition) is 4. The van der Waals surface area contributed by atoms with Crippen molar-refractivity contribution in [3.05, 3.63) is 29.8 Å². The van der Waals surface area contributed by atoms with Gasteiger partial charge in [-0.25, -0.2) is 5.90 Å². The lowest BCUT2D eigenvalue weighted by Crippen LogP contribution is -2.21. The Bertz CT molecular complexity index is 316. The first-order chi connectivity index (χ1) is 6.76. The quantitative estimate of drug-likeness (QED) is 0.728. The van der Waals surface area contributed by atoms with E-state index >= 15 is 0 Å². The Morgan fingerprint density at radius 2 is 2.07 bits per heavy atom. The molecule has 74 valence electrons. The van der Waals surface area contributed by atoms with Crippen molar-refractivity contribution in [2.24, 2.45) is 5.90 Å². The second-order valence-corrected chi connectivity index (χ2v) is 2.89. The first kappa shape index (κ1) is 10.5. The molecule has 0 radical (unpaired) electrons. The minimum Gasteiger partial charge on any atom is -0.491 e. The highest BCUT2D eigenvalue weighted by atomic mass is 16.6. The number of benzene rings is 1. The summed E-state index contributed by atoms with van der Waals surface area (Å²) in [7, 11) is 0. The van der Waals surface area contributed by atoms with E-state index in [1.807, 2.05) is 13.0 Å². The standard InChI is InChI=1S/C10H12N2O2/c1-8(14-12)7-13-10-4-2-9(6-11)3-5-10/h2-5,8H,7,12H2,1H3/t8-/m1/s1. The average molecular weight is 192 g/mol. The van der Waals surface area contributed by atoms with Crippen molar-refractivity contribution in [2.75, 3.05) is 6.61 Å². The van der Waals surface area contributed by atoms with Crippen molar-refractivity contribution in [2.45, 2.75) is 13.0 Å². The normalized spacial score (nSPS) is 11.8. The fourth-order valence-electron chi connectivity index (χ4n) is 0.879. The minimum absolute atomic E-state index is 0.148. The summed E-state index contributed by atoms with van der Waals surface area (Å²) in [6, 6.07) is 8.90. The van der Waals surface area contributed by atoms with Gasteiger partial charge in [0.25, 0.3) is 0 Å². The zero-order valence-electron chi connectivity index (χ0n) is 7.93. The summed E-state index contributed by atoms with van der Waals surface area (Å²) in [5.41, 5.74) is 0.612. The van der Waals surface area contributed by atoms with Crippen LogP contribution in [-0.2, 0) is 4.84 Å². The van der Waals surface area contributed by atoms with Gasteiger partial charge >= 0.3 is 0 Å². The third-order valence-electron chi connectivity index (χ3n) is 1.70. The average Bonchev–Trinajstić information content (AvgIpc) is 2.26. The van der Waals surface area contributed by atoms with E-state index in [0.29, 0.717) is 17.9 Å². The molecular formula is C10H12N2O2. The van der Waals surface area contributed by atoms with Gasteiger partial charge in [-0.3, -0.25) is 4.84 Å². The molecule has 0 aliphatic heterocycles. The van der Waals surface area contributed by atoms with Crippen LogP contribution >= 0.6 is 0 Å². The van der Waals surface area contributed by atoms with Crippen LogP contribution in [0.3, 0.4) is 0 Å². The Balaban J connectivity index is 2.49. The van der Waals surface area contributed by atoms with Crippen LogP contribution in [0.4, 0.5) is 0 Å². The minimum atomic E-state index is -0.148. The molecule has 1 aromatic carbocycles. The zero-order valence-corrected chi connectivity index (χ0v) is 7.93. The summed E-state index contributed by atoms with van der Waals surface area (Å²) in [6.45, 7) is 2.20. The highest BCUT2D eigenvalue weighted by Crippen LogP contribution is 2.11. The summed E-state index contributed by atoms with van der Waals surface area (Å²) in [4.78, 5) is 4.54. The van der Waals surface area contributed by atoms with Gasteiger partial charge in [0.05, 0.1) is 11.6 Å². The molecule has 0 saturated carbocycles. The van der Waals surface area contributed by atoms with Gasteiger partial charge in [0, 0.05) is 0 Å². The lowest BCUT2D eigenvalue weighted by atomic mass is 10.2. The summed E-state index contributed by atoms with van der Waals surface area (Å²) < 4.78 is 5.34. The van der Waals surface area contributed by atoms with Crippen LogP contribution in [0.5, 0.6) is 5.75 Å². The number of nitrogens with zero attached hydrogens (tertiary/aromatic N) is 1. The van der Waals surface area contributed by atoms with E-state index in [1.165, 1.54) is 0 Å². The van der Waals surface area contributed by atoms with Crippen LogP contribution in [0.2, 0.25) is 0 Å². The van der Waals surface area contributed by atoms with E-state index in [9.17, 15) is 0 Å². The molecule has 4 heteroatoms.